The van der Waals surface area contributed by atoms with E-state index >= 15 is 0 Å². The lowest BCUT2D eigenvalue weighted by Crippen LogP contribution is -2.37. The summed E-state index contributed by atoms with van der Waals surface area (Å²) in [6.07, 6.45) is 3.89. The monoisotopic (exact) mass is 289 g/mol. The SMILES string of the molecule is Cc1ccc(NC[C@@H]2CCN([C@@H]3C[C@@H](C)OC3=O)C2)nc1. The molecule has 2 aliphatic heterocycles. The molecule has 5 heteroatoms. The van der Waals surface area contributed by atoms with Gasteiger partial charge in [-0.25, -0.2) is 4.98 Å². The number of likely N-dealkylation sites (tertiary alicyclic amines) is 1. The molecule has 0 aromatic carbocycles. The third-order valence-corrected chi connectivity index (χ3v) is 4.39. The van der Waals surface area contributed by atoms with Gasteiger partial charge in [0.1, 0.15) is 18.0 Å². The Balaban J connectivity index is 1.48. The van der Waals surface area contributed by atoms with Gasteiger partial charge in [-0.3, -0.25) is 9.69 Å². The van der Waals surface area contributed by atoms with Crippen LogP contribution in [0.1, 0.15) is 25.3 Å². The summed E-state index contributed by atoms with van der Waals surface area (Å²) in [6.45, 7) is 6.86. The van der Waals surface area contributed by atoms with E-state index < -0.39 is 0 Å². The first-order valence-corrected chi connectivity index (χ1v) is 7.73. The number of ether oxygens (including phenoxy) is 1. The number of rotatable bonds is 4. The minimum Gasteiger partial charge on any atom is -0.461 e. The van der Waals surface area contributed by atoms with Crippen molar-refractivity contribution in [1.82, 2.24) is 9.88 Å². The number of cyclic esters (lactones) is 1. The van der Waals surface area contributed by atoms with Crippen LogP contribution in [-0.4, -0.2) is 47.6 Å². The van der Waals surface area contributed by atoms with Crippen molar-refractivity contribution in [3.8, 4) is 0 Å². The molecule has 2 aliphatic rings. The van der Waals surface area contributed by atoms with Gasteiger partial charge in [0, 0.05) is 25.7 Å². The highest BCUT2D eigenvalue weighted by Crippen LogP contribution is 2.26. The van der Waals surface area contributed by atoms with Gasteiger partial charge in [0.2, 0.25) is 0 Å². The van der Waals surface area contributed by atoms with Crippen molar-refractivity contribution in [3.05, 3.63) is 23.9 Å². The van der Waals surface area contributed by atoms with Crippen LogP contribution in [0.4, 0.5) is 5.82 Å². The summed E-state index contributed by atoms with van der Waals surface area (Å²) in [4.78, 5) is 18.4. The van der Waals surface area contributed by atoms with Gasteiger partial charge in [0.15, 0.2) is 0 Å². The molecule has 3 heterocycles. The third kappa shape index (κ3) is 3.35. The van der Waals surface area contributed by atoms with Gasteiger partial charge in [-0.2, -0.15) is 0 Å². The van der Waals surface area contributed by atoms with Gasteiger partial charge in [0.05, 0.1) is 0 Å². The minimum absolute atomic E-state index is 0.0255. The molecule has 0 radical (unpaired) electrons. The highest BCUT2D eigenvalue weighted by molar-refractivity contribution is 5.78. The Labute approximate surface area is 125 Å². The fourth-order valence-electron chi connectivity index (χ4n) is 3.17. The number of hydrogen-bond acceptors (Lipinski definition) is 5. The summed E-state index contributed by atoms with van der Waals surface area (Å²) in [5.41, 5.74) is 1.17. The average Bonchev–Trinajstić information content (AvgIpc) is 3.04. The smallest absolute Gasteiger partial charge is 0.323 e. The van der Waals surface area contributed by atoms with Crippen molar-refractivity contribution in [3.63, 3.8) is 0 Å². The molecule has 0 bridgehead atoms. The molecule has 0 unspecified atom stereocenters. The number of esters is 1. The predicted molar refractivity (Wildman–Crippen MR) is 81.1 cm³/mol. The Morgan fingerprint density at radius 2 is 2.33 bits per heavy atom. The van der Waals surface area contributed by atoms with Crippen LogP contribution < -0.4 is 5.32 Å². The van der Waals surface area contributed by atoms with Crippen molar-refractivity contribution in [2.75, 3.05) is 25.0 Å². The number of aryl methyl sites for hydroxylation is 1. The Hall–Kier alpha value is -1.62. The highest BCUT2D eigenvalue weighted by Gasteiger charge is 2.39. The molecular weight excluding hydrogens is 266 g/mol. The van der Waals surface area contributed by atoms with E-state index in [9.17, 15) is 4.79 Å². The maximum Gasteiger partial charge on any atom is 0.323 e. The molecule has 1 N–H and O–H groups in total. The van der Waals surface area contributed by atoms with Crippen molar-refractivity contribution >= 4 is 11.8 Å². The van der Waals surface area contributed by atoms with Crippen LogP contribution in [0, 0.1) is 12.8 Å². The van der Waals surface area contributed by atoms with Crippen LogP contribution in [0.5, 0.6) is 0 Å². The van der Waals surface area contributed by atoms with Gasteiger partial charge in [0.25, 0.3) is 0 Å². The van der Waals surface area contributed by atoms with Crippen LogP contribution in [0.15, 0.2) is 18.3 Å². The Bertz CT molecular complexity index is 503. The van der Waals surface area contributed by atoms with E-state index in [1.807, 2.05) is 26.1 Å². The standard InChI is InChI=1S/C16H23N3O2/c1-11-3-4-15(17-8-11)18-9-13-5-6-19(10-13)14-7-12(2)21-16(14)20/h3-4,8,12-14H,5-7,9-10H2,1-2H3,(H,17,18)/t12-,13+,14-/m1/s1. The normalized spacial score (nSPS) is 29.6. The molecule has 21 heavy (non-hydrogen) atoms. The molecule has 3 rings (SSSR count). The van der Waals surface area contributed by atoms with E-state index in [0.717, 1.165) is 38.3 Å². The molecule has 5 nitrogen and oxygen atoms in total. The molecule has 114 valence electrons. The number of carbonyl (C=O) groups excluding carboxylic acids is 1. The first-order chi connectivity index (χ1) is 10.1. The lowest BCUT2D eigenvalue weighted by molar-refractivity contribution is -0.144. The zero-order valence-corrected chi connectivity index (χ0v) is 12.7. The average molecular weight is 289 g/mol. The fraction of sp³-hybridized carbons (Fsp3) is 0.625. The van der Waals surface area contributed by atoms with E-state index in [0.29, 0.717) is 5.92 Å². The highest BCUT2D eigenvalue weighted by atomic mass is 16.6. The molecule has 0 amide bonds. The van der Waals surface area contributed by atoms with Gasteiger partial charge in [-0.05, 0) is 44.4 Å². The van der Waals surface area contributed by atoms with Gasteiger partial charge in [-0.1, -0.05) is 6.07 Å². The van der Waals surface area contributed by atoms with Gasteiger partial charge in [-0.15, -0.1) is 0 Å². The minimum atomic E-state index is -0.0451. The molecule has 1 aromatic heterocycles. The number of carbonyl (C=O) groups is 1. The molecule has 2 saturated heterocycles. The molecular formula is C16H23N3O2. The Morgan fingerprint density at radius 1 is 1.48 bits per heavy atom. The second-order valence-electron chi connectivity index (χ2n) is 6.25. The largest absolute Gasteiger partial charge is 0.461 e. The summed E-state index contributed by atoms with van der Waals surface area (Å²) in [6, 6.07) is 4.05. The van der Waals surface area contributed by atoms with Gasteiger partial charge >= 0.3 is 5.97 Å². The number of aromatic nitrogens is 1. The molecule has 1 aromatic rings. The summed E-state index contributed by atoms with van der Waals surface area (Å²) in [7, 11) is 0. The number of nitrogens with zero attached hydrogens (tertiary/aromatic N) is 2. The van der Waals surface area contributed by atoms with Crippen LogP contribution in [0.2, 0.25) is 0 Å². The van der Waals surface area contributed by atoms with Crippen LogP contribution in [0.25, 0.3) is 0 Å². The number of anilines is 1. The van der Waals surface area contributed by atoms with Crippen molar-refractivity contribution in [1.29, 1.82) is 0 Å². The maximum atomic E-state index is 11.8. The van der Waals surface area contributed by atoms with Crippen molar-refractivity contribution in [2.45, 2.75) is 38.8 Å². The zero-order chi connectivity index (χ0) is 14.8. The zero-order valence-electron chi connectivity index (χ0n) is 12.7. The van der Waals surface area contributed by atoms with E-state index in [2.05, 4.69) is 21.3 Å². The summed E-state index contributed by atoms with van der Waals surface area (Å²) < 4.78 is 5.26. The third-order valence-electron chi connectivity index (χ3n) is 4.39. The molecule has 2 fully saturated rings. The molecule has 0 spiro atoms. The van der Waals surface area contributed by atoms with Gasteiger partial charge < -0.3 is 10.1 Å². The van der Waals surface area contributed by atoms with Crippen molar-refractivity contribution in [2.24, 2.45) is 5.92 Å². The Morgan fingerprint density at radius 3 is 3.00 bits per heavy atom. The number of pyridine rings is 1. The van der Waals surface area contributed by atoms with E-state index in [4.69, 9.17) is 4.74 Å². The molecule has 0 aliphatic carbocycles. The number of nitrogens with one attached hydrogen (secondary N) is 1. The fourth-order valence-corrected chi connectivity index (χ4v) is 3.17. The summed E-state index contributed by atoms with van der Waals surface area (Å²) in [5.74, 6) is 1.45. The van der Waals surface area contributed by atoms with Crippen molar-refractivity contribution < 1.29 is 9.53 Å². The summed E-state index contributed by atoms with van der Waals surface area (Å²) >= 11 is 0. The maximum absolute atomic E-state index is 11.8. The Kier molecular flexibility index (Phi) is 4.10. The molecule has 3 atom stereocenters. The first-order valence-electron chi connectivity index (χ1n) is 7.73. The molecule has 0 saturated carbocycles. The first kappa shape index (κ1) is 14.3. The van der Waals surface area contributed by atoms with Crippen LogP contribution in [0.3, 0.4) is 0 Å². The second kappa shape index (κ2) is 6.02. The quantitative estimate of drug-likeness (QED) is 0.857. The lowest BCUT2D eigenvalue weighted by atomic mass is 10.1. The second-order valence-corrected chi connectivity index (χ2v) is 6.25. The van der Waals surface area contributed by atoms with Crippen LogP contribution in [-0.2, 0) is 9.53 Å². The van der Waals surface area contributed by atoms with E-state index in [1.165, 1.54) is 5.56 Å². The summed E-state index contributed by atoms with van der Waals surface area (Å²) in [5, 5.41) is 3.39. The van der Waals surface area contributed by atoms with E-state index in [1.54, 1.807) is 0 Å². The number of hydrogen-bond donors (Lipinski definition) is 1. The lowest BCUT2D eigenvalue weighted by Gasteiger charge is -2.20. The predicted octanol–water partition coefficient (Wildman–Crippen LogP) is 1.83. The van der Waals surface area contributed by atoms with Crippen LogP contribution >= 0.6 is 0 Å². The van der Waals surface area contributed by atoms with E-state index in [-0.39, 0.29) is 18.1 Å². The topological polar surface area (TPSA) is 54.5 Å².